The second kappa shape index (κ2) is 9.97. The molecule has 2 N–H and O–H groups in total. The van der Waals surface area contributed by atoms with E-state index in [0.717, 1.165) is 92.9 Å². The Morgan fingerprint density at radius 3 is 2.72 bits per heavy atom. The average molecular weight is 485 g/mol. The zero-order valence-corrected chi connectivity index (χ0v) is 21.2. The Morgan fingerprint density at radius 1 is 1.00 bits per heavy atom. The number of benzene rings is 2. The fourth-order valence-electron chi connectivity index (χ4n) is 5.94. The number of hydrogen-bond acceptors (Lipinski definition) is 4. The van der Waals surface area contributed by atoms with Crippen LogP contribution in [0.4, 0.5) is 5.82 Å². The van der Waals surface area contributed by atoms with Gasteiger partial charge in [-0.05, 0) is 61.9 Å². The van der Waals surface area contributed by atoms with Gasteiger partial charge in [0, 0.05) is 61.6 Å². The van der Waals surface area contributed by atoms with Gasteiger partial charge in [0.1, 0.15) is 5.69 Å². The Hall–Kier alpha value is -3.32. The molecule has 2 saturated heterocycles. The zero-order chi connectivity index (χ0) is 24.5. The maximum absolute atomic E-state index is 13.5. The summed E-state index contributed by atoms with van der Waals surface area (Å²) in [5, 5.41) is 10.1. The molecule has 36 heavy (non-hydrogen) atoms. The molecule has 1 amide bonds. The lowest BCUT2D eigenvalue weighted by molar-refractivity contribution is 0.0577. The van der Waals surface area contributed by atoms with Crippen molar-refractivity contribution in [3.63, 3.8) is 0 Å². The Bertz CT molecular complexity index is 1350. The van der Waals surface area contributed by atoms with E-state index in [1.54, 1.807) is 0 Å². The number of nitrogens with one attached hydrogen (secondary N) is 2. The number of piperidine rings is 1. The van der Waals surface area contributed by atoms with Crippen molar-refractivity contribution in [3.8, 4) is 0 Å². The smallest absolute Gasteiger partial charge is 0.270 e. The van der Waals surface area contributed by atoms with Crippen molar-refractivity contribution >= 4 is 33.5 Å². The van der Waals surface area contributed by atoms with Crippen LogP contribution in [0.2, 0.25) is 0 Å². The van der Waals surface area contributed by atoms with Crippen molar-refractivity contribution < 1.29 is 4.79 Å². The Labute approximate surface area is 212 Å². The van der Waals surface area contributed by atoms with Gasteiger partial charge < -0.3 is 14.8 Å². The number of hydrogen-bond donors (Lipinski definition) is 2. The van der Waals surface area contributed by atoms with Gasteiger partial charge in [0.15, 0.2) is 5.82 Å². The number of aryl methyl sites for hydroxylation is 1. The number of para-hydroxylation sites is 1. The first-order chi connectivity index (χ1) is 17.7. The molecule has 4 aromatic rings. The fraction of sp³-hybridized carbons (Fsp3) is 0.448. The number of likely N-dealkylation sites (tertiary alicyclic amines) is 1. The highest BCUT2D eigenvalue weighted by Crippen LogP contribution is 2.27. The second-order valence-corrected chi connectivity index (χ2v) is 10.3. The van der Waals surface area contributed by atoms with Crippen LogP contribution in [0, 0.1) is 0 Å². The monoisotopic (exact) mass is 484 g/mol. The summed E-state index contributed by atoms with van der Waals surface area (Å²) in [6.07, 6.45) is 5.45. The molecular weight excluding hydrogens is 448 g/mol. The van der Waals surface area contributed by atoms with E-state index in [1.807, 2.05) is 12.1 Å². The number of rotatable bonds is 6. The van der Waals surface area contributed by atoms with E-state index in [4.69, 9.17) is 0 Å². The van der Waals surface area contributed by atoms with Crippen LogP contribution in [0.5, 0.6) is 0 Å². The third-order valence-corrected chi connectivity index (χ3v) is 8.11. The molecule has 7 heteroatoms. The first-order valence-electron chi connectivity index (χ1n) is 13.5. The van der Waals surface area contributed by atoms with E-state index in [0.29, 0.717) is 6.04 Å². The number of nitrogens with zero attached hydrogens (tertiary/aromatic N) is 4. The number of fused-ring (bicyclic) bond motifs is 2. The number of aromatic amines is 2. The minimum absolute atomic E-state index is 0.157. The highest BCUT2D eigenvalue weighted by Gasteiger charge is 2.29. The molecule has 4 heterocycles. The van der Waals surface area contributed by atoms with Crippen LogP contribution in [-0.2, 0) is 6.42 Å². The SMILES string of the molecule is CCc1ccc2cc(C(=O)N3CCCCC3CCN3CCN(c4n[nH]c5ccccc45)CC3)[nH]c2c1. The van der Waals surface area contributed by atoms with Crippen LogP contribution in [0.15, 0.2) is 48.5 Å². The number of aromatic nitrogens is 3. The van der Waals surface area contributed by atoms with Crippen LogP contribution in [-0.4, -0.2) is 76.2 Å². The summed E-state index contributed by atoms with van der Waals surface area (Å²) < 4.78 is 0. The normalized spacial score (nSPS) is 19.4. The maximum Gasteiger partial charge on any atom is 0.270 e. The highest BCUT2D eigenvalue weighted by atomic mass is 16.2. The van der Waals surface area contributed by atoms with Gasteiger partial charge in [0.05, 0.1) is 5.52 Å². The van der Waals surface area contributed by atoms with Crippen LogP contribution in [0.3, 0.4) is 0 Å². The van der Waals surface area contributed by atoms with Gasteiger partial charge in [-0.25, -0.2) is 0 Å². The van der Waals surface area contributed by atoms with Crippen molar-refractivity contribution in [1.29, 1.82) is 0 Å². The van der Waals surface area contributed by atoms with E-state index >= 15 is 0 Å². The van der Waals surface area contributed by atoms with E-state index in [9.17, 15) is 4.79 Å². The lowest BCUT2D eigenvalue weighted by Crippen LogP contribution is -2.49. The van der Waals surface area contributed by atoms with Crippen molar-refractivity contribution in [1.82, 2.24) is 25.0 Å². The molecule has 0 aliphatic carbocycles. The van der Waals surface area contributed by atoms with Gasteiger partial charge in [0.2, 0.25) is 0 Å². The largest absolute Gasteiger partial charge is 0.352 e. The van der Waals surface area contributed by atoms with Crippen molar-refractivity contribution in [2.75, 3.05) is 44.2 Å². The molecule has 0 bridgehead atoms. The first-order valence-corrected chi connectivity index (χ1v) is 13.5. The molecule has 0 saturated carbocycles. The number of carbonyl (C=O) groups is 1. The summed E-state index contributed by atoms with van der Waals surface area (Å²) in [5.74, 6) is 1.22. The van der Waals surface area contributed by atoms with E-state index in [-0.39, 0.29) is 5.91 Å². The molecule has 2 aromatic carbocycles. The predicted octanol–water partition coefficient (Wildman–Crippen LogP) is 4.81. The quantitative estimate of drug-likeness (QED) is 0.412. The third-order valence-electron chi connectivity index (χ3n) is 8.11. The van der Waals surface area contributed by atoms with Crippen LogP contribution >= 0.6 is 0 Å². The van der Waals surface area contributed by atoms with E-state index in [2.05, 4.69) is 73.2 Å². The van der Waals surface area contributed by atoms with E-state index < -0.39 is 0 Å². The summed E-state index contributed by atoms with van der Waals surface area (Å²) in [7, 11) is 0. The highest BCUT2D eigenvalue weighted by molar-refractivity contribution is 5.98. The first kappa shape index (κ1) is 23.1. The predicted molar refractivity (Wildman–Crippen MR) is 146 cm³/mol. The topological polar surface area (TPSA) is 71.3 Å². The summed E-state index contributed by atoms with van der Waals surface area (Å²) in [6.45, 7) is 8.09. The average Bonchev–Trinajstić information content (AvgIpc) is 3.56. The lowest BCUT2D eigenvalue weighted by Gasteiger charge is -2.39. The Kier molecular flexibility index (Phi) is 6.40. The summed E-state index contributed by atoms with van der Waals surface area (Å²) in [6, 6.07) is 17.1. The van der Waals surface area contributed by atoms with E-state index in [1.165, 1.54) is 17.4 Å². The standard InChI is InChI=1S/C29H36N6O/c1-2-21-10-11-22-20-27(30-26(22)19-21)29(36)35-13-6-5-7-23(35)12-14-33-15-17-34(18-16-33)28-24-8-3-4-9-25(24)31-32-28/h3-4,8-11,19-20,23,30H,2,5-7,12-18H2,1H3,(H,31,32). The molecule has 7 nitrogen and oxygen atoms in total. The van der Waals surface area contributed by atoms with Gasteiger partial charge in [0.25, 0.3) is 5.91 Å². The minimum atomic E-state index is 0.157. The number of carbonyl (C=O) groups excluding carboxylic acids is 1. The number of anilines is 1. The van der Waals surface area contributed by atoms with Gasteiger partial charge >= 0.3 is 0 Å². The van der Waals surface area contributed by atoms with Crippen molar-refractivity contribution in [2.45, 2.75) is 45.1 Å². The van der Waals surface area contributed by atoms with Crippen LogP contribution < -0.4 is 4.90 Å². The summed E-state index contributed by atoms with van der Waals surface area (Å²) in [5.41, 5.74) is 4.18. The molecule has 2 aliphatic rings. The molecule has 6 rings (SSSR count). The molecule has 1 atom stereocenters. The van der Waals surface area contributed by atoms with Crippen molar-refractivity contribution in [3.05, 3.63) is 59.8 Å². The van der Waals surface area contributed by atoms with Crippen LogP contribution in [0.25, 0.3) is 21.8 Å². The van der Waals surface area contributed by atoms with Gasteiger partial charge in [-0.2, -0.15) is 5.10 Å². The van der Waals surface area contributed by atoms with Crippen molar-refractivity contribution in [2.24, 2.45) is 0 Å². The molecular formula is C29H36N6O. The fourth-order valence-corrected chi connectivity index (χ4v) is 5.94. The molecule has 0 radical (unpaired) electrons. The van der Waals surface area contributed by atoms with Gasteiger partial charge in [-0.1, -0.05) is 31.2 Å². The second-order valence-electron chi connectivity index (χ2n) is 10.3. The Balaban J connectivity index is 1.07. The van der Waals surface area contributed by atoms with Gasteiger partial charge in [-0.15, -0.1) is 0 Å². The molecule has 2 fully saturated rings. The number of H-pyrrole nitrogens is 2. The molecule has 1 unspecified atom stereocenters. The molecule has 188 valence electrons. The van der Waals surface area contributed by atoms with Gasteiger partial charge in [-0.3, -0.25) is 14.8 Å². The molecule has 0 spiro atoms. The minimum Gasteiger partial charge on any atom is -0.352 e. The Morgan fingerprint density at radius 2 is 1.86 bits per heavy atom. The summed E-state index contributed by atoms with van der Waals surface area (Å²) in [4.78, 5) is 24.0. The number of amides is 1. The summed E-state index contributed by atoms with van der Waals surface area (Å²) >= 11 is 0. The molecule has 2 aliphatic heterocycles. The zero-order valence-electron chi connectivity index (χ0n) is 21.2. The maximum atomic E-state index is 13.5. The lowest BCUT2D eigenvalue weighted by atomic mass is 9.98. The molecule has 2 aromatic heterocycles. The third kappa shape index (κ3) is 4.48. The van der Waals surface area contributed by atoms with Crippen LogP contribution in [0.1, 0.15) is 48.7 Å². The number of piperazine rings is 1.